The summed E-state index contributed by atoms with van der Waals surface area (Å²) >= 11 is 1.68. The van der Waals surface area contributed by atoms with Crippen molar-refractivity contribution in [3.8, 4) is 28.4 Å². The van der Waals surface area contributed by atoms with E-state index >= 15 is 0 Å². The van der Waals surface area contributed by atoms with Crippen molar-refractivity contribution in [1.82, 2.24) is 9.78 Å². The topological polar surface area (TPSA) is 36.3 Å². The van der Waals surface area contributed by atoms with Crippen LogP contribution < -0.4 is 9.47 Å². The molecule has 2 aromatic heterocycles. The smallest absolute Gasteiger partial charge is 0.132 e. The fourth-order valence-corrected chi connectivity index (χ4v) is 4.02. The van der Waals surface area contributed by atoms with Gasteiger partial charge in [-0.05, 0) is 37.8 Å². The first kappa shape index (κ1) is 16.9. The van der Waals surface area contributed by atoms with Crippen LogP contribution >= 0.6 is 11.3 Å². The summed E-state index contributed by atoms with van der Waals surface area (Å²) in [6, 6.07) is 6.25. The molecule has 1 aromatic carbocycles. The van der Waals surface area contributed by atoms with E-state index in [0.29, 0.717) is 6.61 Å². The lowest BCUT2D eigenvalue weighted by Crippen LogP contribution is -2.09. The van der Waals surface area contributed by atoms with Crippen LogP contribution in [0, 0.1) is 0 Å². The van der Waals surface area contributed by atoms with E-state index in [0.717, 1.165) is 46.1 Å². The summed E-state index contributed by atoms with van der Waals surface area (Å²) in [5, 5.41) is 9.09. The summed E-state index contributed by atoms with van der Waals surface area (Å²) in [4.78, 5) is 0. The molecule has 4 rings (SSSR count). The van der Waals surface area contributed by atoms with Gasteiger partial charge >= 0.3 is 0 Å². The van der Waals surface area contributed by atoms with Crippen molar-refractivity contribution in [2.24, 2.45) is 0 Å². The molecule has 1 aliphatic rings. The molecule has 0 atom stereocenters. The molecule has 3 heterocycles. The maximum Gasteiger partial charge on any atom is 0.132 e. The summed E-state index contributed by atoms with van der Waals surface area (Å²) in [5.74, 6) is 1.67. The first-order valence-corrected chi connectivity index (χ1v) is 9.70. The van der Waals surface area contributed by atoms with Gasteiger partial charge in [-0.1, -0.05) is 18.6 Å². The van der Waals surface area contributed by atoms with Crippen molar-refractivity contribution < 1.29 is 9.47 Å². The molecule has 0 N–H and O–H groups in total. The van der Waals surface area contributed by atoms with Crippen LogP contribution in [-0.4, -0.2) is 16.9 Å². The second kappa shape index (κ2) is 6.65. The number of allylic oxidation sites excluding steroid dienone is 1. The predicted molar refractivity (Wildman–Crippen MR) is 106 cm³/mol. The van der Waals surface area contributed by atoms with E-state index in [2.05, 4.69) is 54.4 Å². The van der Waals surface area contributed by atoms with Gasteiger partial charge in [0.25, 0.3) is 0 Å². The van der Waals surface area contributed by atoms with Gasteiger partial charge in [-0.2, -0.15) is 16.4 Å². The molecule has 0 fully saturated rings. The molecule has 0 aliphatic carbocycles. The van der Waals surface area contributed by atoms with Crippen molar-refractivity contribution in [3.63, 3.8) is 0 Å². The third-order valence-electron chi connectivity index (χ3n) is 4.56. The molecule has 0 spiro atoms. The first-order valence-electron chi connectivity index (χ1n) is 8.75. The molecule has 0 unspecified atom stereocenters. The molecule has 4 nitrogen and oxygen atoms in total. The third kappa shape index (κ3) is 2.72. The number of methoxy groups -OCH3 is 1. The highest BCUT2D eigenvalue weighted by atomic mass is 32.1. The standard InChI is InChI=1S/C21H22N2O2S/c1-5-18-17-11-25-20-10-19(24-4)14(8-13(2)3)9-16(20)21(17)23(22-18)15-6-7-26-12-15/h6-10,12H,5,11H2,1-4H3. The Morgan fingerprint density at radius 3 is 2.88 bits per heavy atom. The molecule has 0 saturated carbocycles. The van der Waals surface area contributed by atoms with Crippen LogP contribution in [0.2, 0.25) is 0 Å². The van der Waals surface area contributed by atoms with Gasteiger partial charge in [-0.25, -0.2) is 4.68 Å². The molecule has 0 saturated heterocycles. The first-order chi connectivity index (χ1) is 12.6. The van der Waals surface area contributed by atoms with Gasteiger partial charge < -0.3 is 9.47 Å². The summed E-state index contributed by atoms with van der Waals surface area (Å²) in [6.45, 7) is 6.86. The third-order valence-corrected chi connectivity index (χ3v) is 5.23. The Bertz CT molecular complexity index is 980. The van der Waals surface area contributed by atoms with Crippen LogP contribution in [0.3, 0.4) is 0 Å². The molecule has 5 heteroatoms. The van der Waals surface area contributed by atoms with Crippen LogP contribution in [0.4, 0.5) is 0 Å². The number of fused-ring (bicyclic) bond motifs is 3. The number of rotatable bonds is 4. The Labute approximate surface area is 157 Å². The molecule has 1 aliphatic heterocycles. The van der Waals surface area contributed by atoms with E-state index in [-0.39, 0.29) is 0 Å². The van der Waals surface area contributed by atoms with E-state index < -0.39 is 0 Å². The minimum Gasteiger partial charge on any atom is -0.496 e. The number of hydrogen-bond acceptors (Lipinski definition) is 4. The lowest BCUT2D eigenvalue weighted by Gasteiger charge is -2.21. The van der Waals surface area contributed by atoms with Gasteiger partial charge in [0.1, 0.15) is 18.1 Å². The molecule has 0 radical (unpaired) electrons. The molecule has 3 aromatic rings. The molecular formula is C21H22N2O2S. The summed E-state index contributed by atoms with van der Waals surface area (Å²) in [6.07, 6.45) is 3.02. The number of thiophene rings is 1. The van der Waals surface area contributed by atoms with Crippen LogP contribution in [0.1, 0.15) is 37.6 Å². The van der Waals surface area contributed by atoms with Crippen LogP contribution in [0.5, 0.6) is 11.5 Å². The van der Waals surface area contributed by atoms with E-state index in [1.165, 1.54) is 11.1 Å². The van der Waals surface area contributed by atoms with Gasteiger partial charge in [0.2, 0.25) is 0 Å². The zero-order chi connectivity index (χ0) is 18.3. The Morgan fingerprint density at radius 2 is 2.23 bits per heavy atom. The van der Waals surface area contributed by atoms with Crippen LogP contribution in [-0.2, 0) is 13.0 Å². The fourth-order valence-electron chi connectivity index (χ4n) is 3.41. The van der Waals surface area contributed by atoms with E-state index in [1.54, 1.807) is 18.4 Å². The minimum atomic E-state index is 0.542. The number of aromatic nitrogens is 2. The van der Waals surface area contributed by atoms with Crippen LogP contribution in [0.15, 0.2) is 34.5 Å². The second-order valence-electron chi connectivity index (χ2n) is 6.62. The molecule has 0 bridgehead atoms. The predicted octanol–water partition coefficient (Wildman–Crippen LogP) is 5.49. The average molecular weight is 366 g/mol. The maximum absolute atomic E-state index is 6.07. The number of nitrogens with zero attached hydrogens (tertiary/aromatic N) is 2. The summed E-state index contributed by atoms with van der Waals surface area (Å²) < 4.78 is 13.7. The number of benzene rings is 1. The van der Waals surface area contributed by atoms with Gasteiger partial charge in [-0.3, -0.25) is 0 Å². The van der Waals surface area contributed by atoms with Gasteiger partial charge in [-0.15, -0.1) is 0 Å². The van der Waals surface area contributed by atoms with Gasteiger partial charge in [0.15, 0.2) is 0 Å². The Kier molecular flexibility index (Phi) is 4.32. The lowest BCUT2D eigenvalue weighted by molar-refractivity contribution is 0.298. The fraction of sp³-hybridized carbons (Fsp3) is 0.286. The normalized spacial score (nSPS) is 12.2. The van der Waals surface area contributed by atoms with Gasteiger partial charge in [0.05, 0.1) is 24.2 Å². The van der Waals surface area contributed by atoms with Crippen LogP contribution in [0.25, 0.3) is 23.0 Å². The Morgan fingerprint density at radius 1 is 1.38 bits per heavy atom. The van der Waals surface area contributed by atoms with Crippen molar-refractivity contribution in [2.45, 2.75) is 33.8 Å². The maximum atomic E-state index is 6.07. The number of ether oxygens (including phenoxy) is 2. The highest BCUT2D eigenvalue weighted by molar-refractivity contribution is 7.08. The minimum absolute atomic E-state index is 0.542. The van der Waals surface area contributed by atoms with E-state index in [4.69, 9.17) is 14.6 Å². The van der Waals surface area contributed by atoms with Crippen molar-refractivity contribution in [3.05, 3.63) is 51.4 Å². The molecule has 26 heavy (non-hydrogen) atoms. The zero-order valence-electron chi connectivity index (χ0n) is 15.5. The SMILES string of the molecule is CCc1nn(-c2ccsc2)c2c1COc1cc(OC)c(C=C(C)C)cc1-2. The highest BCUT2D eigenvalue weighted by Gasteiger charge is 2.27. The van der Waals surface area contributed by atoms with E-state index in [9.17, 15) is 0 Å². The second-order valence-corrected chi connectivity index (χ2v) is 7.40. The largest absolute Gasteiger partial charge is 0.496 e. The lowest BCUT2D eigenvalue weighted by atomic mass is 9.98. The molecule has 134 valence electrons. The number of aryl methyl sites for hydroxylation is 1. The quantitative estimate of drug-likeness (QED) is 0.613. The Hall–Kier alpha value is -2.53. The average Bonchev–Trinajstić information content (AvgIpc) is 3.27. The summed E-state index contributed by atoms with van der Waals surface area (Å²) in [5.41, 5.74) is 7.85. The van der Waals surface area contributed by atoms with E-state index in [1.807, 2.05) is 6.07 Å². The monoisotopic (exact) mass is 366 g/mol. The van der Waals surface area contributed by atoms with Crippen molar-refractivity contribution in [1.29, 1.82) is 0 Å². The van der Waals surface area contributed by atoms with Crippen molar-refractivity contribution in [2.75, 3.05) is 7.11 Å². The van der Waals surface area contributed by atoms with Crippen molar-refractivity contribution >= 4 is 17.4 Å². The molecule has 0 amide bonds. The molecular weight excluding hydrogens is 344 g/mol. The van der Waals surface area contributed by atoms with Gasteiger partial charge in [0, 0.05) is 28.1 Å². The number of hydrogen-bond donors (Lipinski definition) is 0. The zero-order valence-corrected chi connectivity index (χ0v) is 16.3. The highest BCUT2D eigenvalue weighted by Crippen LogP contribution is 2.44. The summed E-state index contributed by atoms with van der Waals surface area (Å²) in [7, 11) is 1.70. The Balaban J connectivity index is 1.99.